The lowest BCUT2D eigenvalue weighted by Gasteiger charge is -2.05. The Morgan fingerprint density at radius 3 is 2.47 bits per heavy atom. The number of nitriles is 1. The van der Waals surface area contributed by atoms with Crippen molar-refractivity contribution in [3.63, 3.8) is 0 Å². The third-order valence-corrected chi connectivity index (χ3v) is 3.19. The predicted octanol–water partition coefficient (Wildman–Crippen LogP) is 2.24. The molecule has 80 valence electrons. The van der Waals surface area contributed by atoms with Crippen molar-refractivity contribution in [1.29, 1.82) is 5.26 Å². The molecule has 0 heterocycles. The SMILES string of the molecule is Cc1cc(CS(=O)(=O)Cl)cc(C#N)c1C. The van der Waals surface area contributed by atoms with Gasteiger partial charge in [0.05, 0.1) is 17.4 Å². The Labute approximate surface area is 93.7 Å². The van der Waals surface area contributed by atoms with E-state index in [1.54, 1.807) is 12.1 Å². The first-order chi connectivity index (χ1) is 6.83. The van der Waals surface area contributed by atoms with Gasteiger partial charge < -0.3 is 0 Å². The fourth-order valence-corrected chi connectivity index (χ4v) is 2.28. The lowest BCUT2D eigenvalue weighted by molar-refractivity contribution is 0.609. The van der Waals surface area contributed by atoms with Crippen LogP contribution in [0.25, 0.3) is 0 Å². The van der Waals surface area contributed by atoms with Crippen LogP contribution < -0.4 is 0 Å². The van der Waals surface area contributed by atoms with Crippen LogP contribution in [0.3, 0.4) is 0 Å². The molecule has 1 rings (SSSR count). The molecule has 0 atom stereocenters. The maximum absolute atomic E-state index is 10.9. The van der Waals surface area contributed by atoms with Gasteiger partial charge in [-0.05, 0) is 36.6 Å². The molecular formula is C10H10ClNO2S. The maximum atomic E-state index is 10.9. The monoisotopic (exact) mass is 243 g/mol. The molecule has 0 aliphatic rings. The van der Waals surface area contributed by atoms with Crippen molar-refractivity contribution < 1.29 is 8.42 Å². The average Bonchev–Trinajstić information content (AvgIpc) is 2.08. The van der Waals surface area contributed by atoms with Crippen molar-refractivity contribution in [3.8, 4) is 6.07 Å². The number of aryl methyl sites for hydroxylation is 1. The minimum atomic E-state index is -3.57. The molecule has 3 nitrogen and oxygen atoms in total. The molecule has 0 bridgehead atoms. The molecule has 0 saturated heterocycles. The van der Waals surface area contributed by atoms with Gasteiger partial charge in [0.2, 0.25) is 9.05 Å². The molecule has 0 spiro atoms. The fraction of sp³-hybridized carbons (Fsp3) is 0.300. The van der Waals surface area contributed by atoms with Crippen LogP contribution in [-0.4, -0.2) is 8.42 Å². The lowest BCUT2D eigenvalue weighted by Crippen LogP contribution is -1.98. The van der Waals surface area contributed by atoms with Crippen molar-refractivity contribution >= 4 is 19.7 Å². The lowest BCUT2D eigenvalue weighted by atomic mass is 10.0. The van der Waals surface area contributed by atoms with Crippen LogP contribution in [0.5, 0.6) is 0 Å². The van der Waals surface area contributed by atoms with Gasteiger partial charge in [0.1, 0.15) is 0 Å². The van der Waals surface area contributed by atoms with E-state index in [4.69, 9.17) is 15.9 Å². The number of rotatable bonds is 2. The second-order valence-electron chi connectivity index (χ2n) is 3.38. The summed E-state index contributed by atoms with van der Waals surface area (Å²) in [6, 6.07) is 5.31. The minimum Gasteiger partial charge on any atom is -0.212 e. The Balaban J connectivity index is 3.25. The number of hydrogen-bond acceptors (Lipinski definition) is 3. The van der Waals surface area contributed by atoms with Crippen LogP contribution in [0.15, 0.2) is 12.1 Å². The first kappa shape index (κ1) is 12.0. The molecule has 0 fully saturated rings. The summed E-state index contributed by atoms with van der Waals surface area (Å²) in [7, 11) is 1.58. The highest BCUT2D eigenvalue weighted by Crippen LogP contribution is 2.18. The highest BCUT2D eigenvalue weighted by atomic mass is 35.7. The van der Waals surface area contributed by atoms with E-state index in [0.717, 1.165) is 11.1 Å². The van der Waals surface area contributed by atoms with E-state index in [9.17, 15) is 8.42 Å². The van der Waals surface area contributed by atoms with Crippen LogP contribution in [0.1, 0.15) is 22.3 Å². The van der Waals surface area contributed by atoms with Crippen LogP contribution >= 0.6 is 10.7 Å². The van der Waals surface area contributed by atoms with E-state index < -0.39 is 9.05 Å². The van der Waals surface area contributed by atoms with E-state index >= 15 is 0 Å². The normalized spacial score (nSPS) is 11.1. The largest absolute Gasteiger partial charge is 0.236 e. The maximum Gasteiger partial charge on any atom is 0.236 e. The van der Waals surface area contributed by atoms with E-state index in [0.29, 0.717) is 11.1 Å². The molecule has 5 heteroatoms. The molecule has 1 aromatic carbocycles. The highest BCUT2D eigenvalue weighted by Gasteiger charge is 2.10. The summed E-state index contributed by atoms with van der Waals surface area (Å²) in [6.07, 6.45) is 0. The number of nitrogens with zero attached hydrogens (tertiary/aromatic N) is 1. The summed E-state index contributed by atoms with van der Waals surface area (Å²) in [6.45, 7) is 3.66. The van der Waals surface area contributed by atoms with Crippen LogP contribution in [0.2, 0.25) is 0 Å². The summed E-state index contributed by atoms with van der Waals surface area (Å²) in [5, 5.41) is 8.83. The zero-order chi connectivity index (χ0) is 11.6. The molecule has 0 saturated carbocycles. The van der Waals surface area contributed by atoms with Crippen molar-refractivity contribution in [3.05, 3.63) is 34.4 Å². The second kappa shape index (κ2) is 4.21. The second-order valence-corrected chi connectivity index (χ2v) is 6.16. The molecule has 0 aromatic heterocycles. The highest BCUT2D eigenvalue weighted by molar-refractivity contribution is 8.13. The third-order valence-electron chi connectivity index (χ3n) is 2.19. The predicted molar refractivity (Wildman–Crippen MR) is 59.1 cm³/mol. The summed E-state index contributed by atoms with van der Waals surface area (Å²) in [4.78, 5) is 0. The molecular weight excluding hydrogens is 234 g/mol. The third kappa shape index (κ3) is 3.22. The Hall–Kier alpha value is -1.05. The molecule has 0 aliphatic carbocycles. The zero-order valence-electron chi connectivity index (χ0n) is 8.41. The van der Waals surface area contributed by atoms with Crippen molar-refractivity contribution in [1.82, 2.24) is 0 Å². The summed E-state index contributed by atoms with van der Waals surface area (Å²) >= 11 is 0. The van der Waals surface area contributed by atoms with Gasteiger partial charge >= 0.3 is 0 Å². The molecule has 0 radical (unpaired) electrons. The number of halogens is 1. The number of hydrogen-bond donors (Lipinski definition) is 0. The average molecular weight is 244 g/mol. The molecule has 1 aromatic rings. The first-order valence-electron chi connectivity index (χ1n) is 4.26. The Morgan fingerprint density at radius 1 is 1.40 bits per heavy atom. The van der Waals surface area contributed by atoms with Crippen molar-refractivity contribution in [2.75, 3.05) is 0 Å². The Bertz CT molecular complexity index is 529. The molecule has 0 N–H and O–H groups in total. The Kier molecular flexibility index (Phi) is 3.38. The number of benzene rings is 1. The van der Waals surface area contributed by atoms with Gasteiger partial charge in [-0.1, -0.05) is 6.07 Å². The van der Waals surface area contributed by atoms with Crippen molar-refractivity contribution in [2.24, 2.45) is 0 Å². The topological polar surface area (TPSA) is 57.9 Å². The van der Waals surface area contributed by atoms with Crippen LogP contribution in [0.4, 0.5) is 0 Å². The quantitative estimate of drug-likeness (QED) is 0.749. The summed E-state index contributed by atoms with van der Waals surface area (Å²) in [5.74, 6) is -0.246. The fourth-order valence-electron chi connectivity index (χ4n) is 1.33. The van der Waals surface area contributed by atoms with Crippen LogP contribution in [-0.2, 0) is 14.8 Å². The minimum absolute atomic E-state index is 0.246. The van der Waals surface area contributed by atoms with Crippen LogP contribution in [0, 0.1) is 25.2 Å². The van der Waals surface area contributed by atoms with E-state index in [-0.39, 0.29) is 5.75 Å². The van der Waals surface area contributed by atoms with Gasteiger partial charge in [0.25, 0.3) is 0 Å². The molecule has 15 heavy (non-hydrogen) atoms. The van der Waals surface area contributed by atoms with E-state index in [1.807, 2.05) is 19.9 Å². The summed E-state index contributed by atoms with van der Waals surface area (Å²) in [5.41, 5.74) is 2.80. The van der Waals surface area contributed by atoms with Gasteiger partial charge in [0.15, 0.2) is 0 Å². The zero-order valence-corrected chi connectivity index (χ0v) is 9.98. The van der Waals surface area contributed by atoms with Gasteiger partial charge in [-0.2, -0.15) is 5.26 Å². The van der Waals surface area contributed by atoms with Gasteiger partial charge in [-0.25, -0.2) is 8.42 Å². The smallest absolute Gasteiger partial charge is 0.212 e. The van der Waals surface area contributed by atoms with Gasteiger partial charge in [-0.15, -0.1) is 0 Å². The van der Waals surface area contributed by atoms with Crippen molar-refractivity contribution in [2.45, 2.75) is 19.6 Å². The van der Waals surface area contributed by atoms with E-state index in [1.165, 1.54) is 0 Å². The molecule has 0 amide bonds. The van der Waals surface area contributed by atoms with E-state index in [2.05, 4.69) is 0 Å². The Morgan fingerprint density at radius 2 is 2.00 bits per heavy atom. The molecule has 0 unspecified atom stereocenters. The van der Waals surface area contributed by atoms with Gasteiger partial charge in [-0.3, -0.25) is 0 Å². The summed E-state index contributed by atoms with van der Waals surface area (Å²) < 4.78 is 21.8. The molecule has 0 aliphatic heterocycles. The first-order valence-corrected chi connectivity index (χ1v) is 6.74. The standard InChI is InChI=1S/C10H10ClNO2S/c1-7-3-9(6-15(11,13)14)4-10(5-12)8(7)2/h3-4H,6H2,1-2H3. The van der Waals surface area contributed by atoms with Gasteiger partial charge in [0, 0.05) is 10.7 Å².